The maximum absolute atomic E-state index is 4.33. The molecule has 1 saturated heterocycles. The first kappa shape index (κ1) is 21.1. The zero-order valence-electron chi connectivity index (χ0n) is 15.4. The zero-order valence-corrected chi connectivity index (χ0v) is 18.6. The number of hydrogen-bond acceptors (Lipinski definition) is 3. The van der Waals surface area contributed by atoms with Gasteiger partial charge in [-0.2, -0.15) is 16.9 Å². The maximum atomic E-state index is 4.33. The van der Waals surface area contributed by atoms with Gasteiger partial charge < -0.3 is 10.6 Å². The molecule has 5 nitrogen and oxygen atoms in total. The van der Waals surface area contributed by atoms with Crippen LogP contribution in [0.4, 0.5) is 0 Å². The summed E-state index contributed by atoms with van der Waals surface area (Å²) in [6.07, 6.45) is 7.32. The fourth-order valence-corrected chi connectivity index (χ4v) is 4.27. The van der Waals surface area contributed by atoms with Crippen molar-refractivity contribution in [3.8, 4) is 5.69 Å². The van der Waals surface area contributed by atoms with E-state index in [1.165, 1.54) is 24.2 Å². The van der Waals surface area contributed by atoms with Crippen molar-refractivity contribution in [2.24, 2.45) is 4.99 Å². The van der Waals surface area contributed by atoms with Gasteiger partial charge in [0, 0.05) is 37.3 Å². The van der Waals surface area contributed by atoms with Crippen LogP contribution in [0.2, 0.25) is 0 Å². The molecule has 1 atom stereocenters. The summed E-state index contributed by atoms with van der Waals surface area (Å²) in [6.45, 7) is 4.17. The van der Waals surface area contributed by atoms with Gasteiger partial charge in [0.1, 0.15) is 0 Å². The lowest BCUT2D eigenvalue weighted by Crippen LogP contribution is -2.44. The number of rotatable bonds is 6. The Kier molecular flexibility index (Phi) is 8.27. The smallest absolute Gasteiger partial charge is 0.191 e. The van der Waals surface area contributed by atoms with Gasteiger partial charge in [0.15, 0.2) is 5.96 Å². The predicted octanol–water partition coefficient (Wildman–Crippen LogP) is 3.48. The normalized spacial score (nSPS) is 19.8. The minimum absolute atomic E-state index is 0. The first-order valence-electron chi connectivity index (χ1n) is 8.86. The number of thioether (sulfide) groups is 1. The van der Waals surface area contributed by atoms with Crippen molar-refractivity contribution in [1.82, 2.24) is 20.4 Å². The van der Waals surface area contributed by atoms with Crippen LogP contribution < -0.4 is 10.6 Å². The third kappa shape index (κ3) is 5.90. The Bertz CT molecular complexity index is 678. The lowest BCUT2D eigenvalue weighted by Gasteiger charge is -2.24. The van der Waals surface area contributed by atoms with E-state index in [9.17, 15) is 0 Å². The fourth-order valence-electron chi connectivity index (χ4n) is 3.03. The molecule has 0 spiro atoms. The average Bonchev–Trinajstić information content (AvgIpc) is 3.31. The number of guanidine groups is 1. The van der Waals surface area contributed by atoms with Gasteiger partial charge in [-0.1, -0.05) is 12.1 Å². The molecule has 7 heteroatoms. The molecular formula is C19H28IN5S. The van der Waals surface area contributed by atoms with Crippen LogP contribution in [0, 0.1) is 0 Å². The van der Waals surface area contributed by atoms with Crippen LogP contribution in [0.15, 0.2) is 47.7 Å². The number of benzene rings is 1. The summed E-state index contributed by atoms with van der Waals surface area (Å²) in [6, 6.07) is 10.5. The highest BCUT2D eigenvalue weighted by Crippen LogP contribution is 2.36. The highest BCUT2D eigenvalue weighted by atomic mass is 127. The van der Waals surface area contributed by atoms with E-state index in [1.807, 2.05) is 24.0 Å². The molecular weight excluding hydrogens is 457 g/mol. The van der Waals surface area contributed by atoms with Crippen molar-refractivity contribution in [1.29, 1.82) is 0 Å². The quantitative estimate of drug-likeness (QED) is 0.374. The number of halogens is 1. The summed E-state index contributed by atoms with van der Waals surface area (Å²) in [4.78, 5) is 4.33. The summed E-state index contributed by atoms with van der Waals surface area (Å²) in [7, 11) is 1.83. The third-order valence-corrected chi connectivity index (χ3v) is 6.10. The largest absolute Gasteiger partial charge is 0.356 e. The van der Waals surface area contributed by atoms with Crippen LogP contribution in [0.5, 0.6) is 0 Å². The zero-order chi connectivity index (χ0) is 17.5. The molecule has 1 fully saturated rings. The van der Waals surface area contributed by atoms with Crippen LogP contribution in [0.25, 0.3) is 5.69 Å². The van der Waals surface area contributed by atoms with Crippen molar-refractivity contribution in [2.45, 2.75) is 30.9 Å². The van der Waals surface area contributed by atoms with Gasteiger partial charge in [-0.25, -0.2) is 4.68 Å². The monoisotopic (exact) mass is 485 g/mol. The molecule has 2 N–H and O–H groups in total. The minimum Gasteiger partial charge on any atom is -0.356 e. The van der Waals surface area contributed by atoms with Crippen molar-refractivity contribution in [2.75, 3.05) is 25.9 Å². The molecule has 1 aromatic carbocycles. The lowest BCUT2D eigenvalue weighted by atomic mass is 10.1. The predicted molar refractivity (Wildman–Crippen MR) is 122 cm³/mol. The van der Waals surface area contributed by atoms with Crippen molar-refractivity contribution >= 4 is 41.7 Å². The molecule has 2 aromatic rings. The van der Waals surface area contributed by atoms with Crippen LogP contribution in [-0.2, 0) is 6.42 Å². The highest BCUT2D eigenvalue weighted by molar-refractivity contribution is 14.0. The molecule has 0 radical (unpaired) electrons. The molecule has 2 heterocycles. The summed E-state index contributed by atoms with van der Waals surface area (Å²) in [5, 5.41) is 11.1. The van der Waals surface area contributed by atoms with Gasteiger partial charge in [-0.3, -0.25) is 4.99 Å². The molecule has 1 aliphatic heterocycles. The van der Waals surface area contributed by atoms with E-state index >= 15 is 0 Å². The molecule has 1 aromatic heterocycles. The molecule has 0 bridgehead atoms. The topological polar surface area (TPSA) is 54.2 Å². The number of aromatic nitrogens is 2. The van der Waals surface area contributed by atoms with E-state index in [2.05, 4.69) is 63.7 Å². The van der Waals surface area contributed by atoms with Gasteiger partial charge in [-0.15, -0.1) is 24.0 Å². The van der Waals surface area contributed by atoms with E-state index in [4.69, 9.17) is 0 Å². The van der Waals surface area contributed by atoms with E-state index in [-0.39, 0.29) is 24.0 Å². The molecule has 0 amide bonds. The second-order valence-electron chi connectivity index (χ2n) is 6.62. The van der Waals surface area contributed by atoms with Crippen molar-refractivity contribution < 1.29 is 0 Å². The highest BCUT2D eigenvalue weighted by Gasteiger charge is 2.29. The maximum Gasteiger partial charge on any atom is 0.191 e. The molecule has 142 valence electrons. The average molecular weight is 485 g/mol. The van der Waals surface area contributed by atoms with Gasteiger partial charge >= 0.3 is 0 Å². The Labute approximate surface area is 177 Å². The number of aliphatic imine (C=N–C) groups is 1. The van der Waals surface area contributed by atoms with Crippen LogP contribution >= 0.6 is 35.7 Å². The van der Waals surface area contributed by atoms with E-state index in [0.717, 1.165) is 31.2 Å². The molecule has 0 aliphatic carbocycles. The van der Waals surface area contributed by atoms with Crippen LogP contribution in [-0.4, -0.2) is 46.4 Å². The number of nitrogens with zero attached hydrogens (tertiary/aromatic N) is 3. The van der Waals surface area contributed by atoms with Gasteiger partial charge in [0.05, 0.1) is 5.69 Å². The summed E-state index contributed by atoms with van der Waals surface area (Å²) in [5.41, 5.74) is 2.39. The second kappa shape index (κ2) is 10.2. The van der Waals surface area contributed by atoms with Gasteiger partial charge in [0.25, 0.3) is 0 Å². The van der Waals surface area contributed by atoms with E-state index < -0.39 is 0 Å². The molecule has 1 unspecified atom stereocenters. The van der Waals surface area contributed by atoms with Crippen molar-refractivity contribution in [3.05, 3.63) is 48.3 Å². The standard InChI is InChI=1S/C19H27N5S.HI/c1-19(10-3-14-25-19)15-22-18(20-2)21-12-9-16-5-7-17(8-6-16)24-13-4-11-23-24;/h4-8,11,13H,3,9-10,12,14-15H2,1-2H3,(H2,20,21,22);1H. The Morgan fingerprint density at radius 2 is 2.12 bits per heavy atom. The first-order chi connectivity index (χ1) is 12.2. The molecule has 1 aliphatic rings. The Balaban J connectivity index is 0.00000243. The van der Waals surface area contributed by atoms with E-state index in [0.29, 0.717) is 4.75 Å². The number of nitrogens with one attached hydrogen (secondary N) is 2. The molecule has 3 rings (SSSR count). The van der Waals surface area contributed by atoms with Crippen molar-refractivity contribution in [3.63, 3.8) is 0 Å². The Morgan fingerprint density at radius 3 is 2.73 bits per heavy atom. The summed E-state index contributed by atoms with van der Waals surface area (Å²) < 4.78 is 2.22. The molecule has 26 heavy (non-hydrogen) atoms. The summed E-state index contributed by atoms with van der Waals surface area (Å²) in [5.74, 6) is 2.17. The van der Waals surface area contributed by atoms with Gasteiger partial charge in [0.2, 0.25) is 0 Å². The SMILES string of the molecule is CN=C(NCCc1ccc(-n2cccn2)cc1)NCC1(C)CCCS1.I. The number of hydrogen-bond donors (Lipinski definition) is 2. The summed E-state index contributed by atoms with van der Waals surface area (Å²) >= 11 is 2.07. The lowest BCUT2D eigenvalue weighted by molar-refractivity contribution is 0.584. The van der Waals surface area contributed by atoms with Crippen LogP contribution in [0.3, 0.4) is 0 Å². The Morgan fingerprint density at radius 1 is 1.31 bits per heavy atom. The Hall–Kier alpha value is -1.22. The van der Waals surface area contributed by atoms with Crippen LogP contribution in [0.1, 0.15) is 25.3 Å². The second-order valence-corrected chi connectivity index (χ2v) is 8.30. The fraction of sp³-hybridized carbons (Fsp3) is 0.474. The third-order valence-electron chi connectivity index (χ3n) is 4.57. The minimum atomic E-state index is 0. The molecule has 0 saturated carbocycles. The van der Waals surface area contributed by atoms with Gasteiger partial charge in [-0.05, 0) is 55.7 Å². The van der Waals surface area contributed by atoms with E-state index in [1.54, 1.807) is 6.20 Å². The first-order valence-corrected chi connectivity index (χ1v) is 9.85.